The van der Waals surface area contributed by atoms with Gasteiger partial charge in [-0.2, -0.15) is 0 Å². The largest absolute Gasteiger partial charge is 0.383 e. The van der Waals surface area contributed by atoms with Crippen LogP contribution in [0.25, 0.3) is 0 Å². The van der Waals surface area contributed by atoms with E-state index in [9.17, 15) is 0 Å². The molecule has 18 heavy (non-hydrogen) atoms. The minimum Gasteiger partial charge on any atom is -0.383 e. The Labute approximate surface area is 113 Å². The topological polar surface area (TPSA) is 51.8 Å². The van der Waals surface area contributed by atoms with Gasteiger partial charge < -0.3 is 5.73 Å². The number of aromatic nitrogens is 2. The molecule has 0 bridgehead atoms. The van der Waals surface area contributed by atoms with Crippen molar-refractivity contribution in [2.24, 2.45) is 5.92 Å². The molecule has 0 atom stereocenters. The Kier molecular flexibility index (Phi) is 3.46. The second kappa shape index (κ2) is 5.08. The number of hydrogen-bond acceptors (Lipinski definition) is 4. The van der Waals surface area contributed by atoms with Crippen molar-refractivity contribution < 1.29 is 0 Å². The standard InChI is InChI=1S/C14H21N3S/c1-9-12(15)16-13(11-6-7-11)17-14(9)18-8-10-4-2-3-5-10/h10-11H,2-8H2,1H3,(H2,15,16,17). The molecule has 0 amide bonds. The number of thioether (sulfide) groups is 1. The molecule has 3 nitrogen and oxygen atoms in total. The summed E-state index contributed by atoms with van der Waals surface area (Å²) in [6.07, 6.45) is 8.06. The van der Waals surface area contributed by atoms with E-state index in [1.165, 1.54) is 44.3 Å². The minimum atomic E-state index is 0.582. The number of nitrogens with zero attached hydrogens (tertiary/aromatic N) is 2. The summed E-state index contributed by atoms with van der Waals surface area (Å²) in [5.74, 6) is 4.32. The number of anilines is 1. The summed E-state index contributed by atoms with van der Waals surface area (Å²) in [6, 6.07) is 0. The van der Waals surface area contributed by atoms with Crippen molar-refractivity contribution in [2.45, 2.75) is 56.4 Å². The Morgan fingerprint density at radius 1 is 1.17 bits per heavy atom. The summed E-state index contributed by atoms with van der Waals surface area (Å²) in [5, 5.41) is 1.12. The fraction of sp³-hybridized carbons (Fsp3) is 0.714. The van der Waals surface area contributed by atoms with E-state index < -0.39 is 0 Å². The zero-order valence-corrected chi connectivity index (χ0v) is 11.8. The van der Waals surface area contributed by atoms with Crippen LogP contribution in [0.4, 0.5) is 5.82 Å². The maximum atomic E-state index is 6.01. The average Bonchev–Trinajstić information content (AvgIpc) is 3.08. The second-order valence-electron chi connectivity index (χ2n) is 5.63. The first kappa shape index (κ1) is 12.3. The molecule has 2 N–H and O–H groups in total. The van der Waals surface area contributed by atoms with Gasteiger partial charge in [-0.3, -0.25) is 0 Å². The van der Waals surface area contributed by atoms with Crippen molar-refractivity contribution in [1.82, 2.24) is 9.97 Å². The normalized spacial score (nSPS) is 20.5. The lowest BCUT2D eigenvalue weighted by Crippen LogP contribution is -2.05. The lowest BCUT2D eigenvalue weighted by Gasteiger charge is -2.12. The van der Waals surface area contributed by atoms with Gasteiger partial charge >= 0.3 is 0 Å². The van der Waals surface area contributed by atoms with E-state index in [1.54, 1.807) is 0 Å². The molecule has 0 aliphatic heterocycles. The van der Waals surface area contributed by atoms with E-state index >= 15 is 0 Å². The van der Waals surface area contributed by atoms with Crippen molar-refractivity contribution in [1.29, 1.82) is 0 Å². The SMILES string of the molecule is Cc1c(N)nc(C2CC2)nc1SCC1CCCC1. The summed E-state index contributed by atoms with van der Waals surface area (Å²) in [7, 11) is 0. The number of hydrogen-bond donors (Lipinski definition) is 1. The molecular formula is C14H21N3S. The number of nitrogen functional groups attached to an aromatic ring is 1. The fourth-order valence-electron chi connectivity index (χ4n) is 2.57. The average molecular weight is 263 g/mol. The first-order valence-electron chi connectivity index (χ1n) is 7.01. The zero-order valence-electron chi connectivity index (χ0n) is 11.0. The summed E-state index contributed by atoms with van der Waals surface area (Å²) < 4.78 is 0. The fourth-order valence-corrected chi connectivity index (χ4v) is 3.77. The van der Waals surface area contributed by atoms with E-state index in [-0.39, 0.29) is 0 Å². The molecule has 1 heterocycles. The molecule has 4 heteroatoms. The minimum absolute atomic E-state index is 0.582. The van der Waals surface area contributed by atoms with Crippen LogP contribution >= 0.6 is 11.8 Å². The monoisotopic (exact) mass is 263 g/mol. The highest BCUT2D eigenvalue weighted by molar-refractivity contribution is 7.99. The van der Waals surface area contributed by atoms with Crippen LogP contribution in [0, 0.1) is 12.8 Å². The van der Waals surface area contributed by atoms with Crippen molar-refractivity contribution >= 4 is 17.6 Å². The lowest BCUT2D eigenvalue weighted by atomic mass is 10.1. The molecular weight excluding hydrogens is 242 g/mol. The maximum absolute atomic E-state index is 6.01. The van der Waals surface area contributed by atoms with E-state index in [0.717, 1.165) is 22.3 Å². The van der Waals surface area contributed by atoms with Gasteiger partial charge in [-0.25, -0.2) is 9.97 Å². The summed E-state index contributed by atoms with van der Waals surface area (Å²) in [5.41, 5.74) is 7.08. The van der Waals surface area contributed by atoms with Gasteiger partial charge in [0.05, 0.1) is 0 Å². The van der Waals surface area contributed by atoms with Gasteiger partial charge in [0.25, 0.3) is 0 Å². The second-order valence-corrected chi connectivity index (χ2v) is 6.64. The van der Waals surface area contributed by atoms with Crippen LogP contribution in [0.15, 0.2) is 5.03 Å². The van der Waals surface area contributed by atoms with E-state index in [2.05, 4.69) is 4.98 Å². The van der Waals surface area contributed by atoms with Crippen LogP contribution in [0.3, 0.4) is 0 Å². The van der Waals surface area contributed by atoms with Crippen LogP contribution in [-0.4, -0.2) is 15.7 Å². The summed E-state index contributed by atoms with van der Waals surface area (Å²) in [4.78, 5) is 9.16. The smallest absolute Gasteiger partial charge is 0.135 e. The van der Waals surface area contributed by atoms with Crippen LogP contribution in [0.5, 0.6) is 0 Å². The molecule has 0 saturated heterocycles. The molecule has 2 saturated carbocycles. The van der Waals surface area contributed by atoms with Crippen molar-refractivity contribution in [3.8, 4) is 0 Å². The van der Waals surface area contributed by atoms with E-state index in [0.29, 0.717) is 11.7 Å². The Bertz CT molecular complexity index is 437. The third kappa shape index (κ3) is 2.63. The van der Waals surface area contributed by atoms with Gasteiger partial charge in [0.15, 0.2) is 0 Å². The highest BCUT2D eigenvalue weighted by Gasteiger charge is 2.28. The quantitative estimate of drug-likeness (QED) is 0.667. The Balaban J connectivity index is 1.72. The zero-order chi connectivity index (χ0) is 12.5. The van der Waals surface area contributed by atoms with E-state index in [4.69, 9.17) is 10.7 Å². The Morgan fingerprint density at radius 2 is 1.89 bits per heavy atom. The predicted molar refractivity (Wildman–Crippen MR) is 75.8 cm³/mol. The Morgan fingerprint density at radius 3 is 2.56 bits per heavy atom. The molecule has 0 unspecified atom stereocenters. The maximum Gasteiger partial charge on any atom is 0.135 e. The third-order valence-electron chi connectivity index (χ3n) is 4.03. The van der Waals surface area contributed by atoms with Crippen LogP contribution < -0.4 is 5.73 Å². The predicted octanol–water partition coefficient (Wildman–Crippen LogP) is 3.53. The van der Waals surface area contributed by atoms with E-state index in [1.807, 2.05) is 18.7 Å². The highest BCUT2D eigenvalue weighted by atomic mass is 32.2. The van der Waals surface area contributed by atoms with Crippen LogP contribution in [0.1, 0.15) is 55.8 Å². The van der Waals surface area contributed by atoms with Crippen LogP contribution in [0.2, 0.25) is 0 Å². The molecule has 98 valence electrons. The van der Waals surface area contributed by atoms with Crippen LogP contribution in [-0.2, 0) is 0 Å². The molecule has 0 aromatic carbocycles. The highest BCUT2D eigenvalue weighted by Crippen LogP contribution is 2.40. The van der Waals surface area contributed by atoms with Gasteiger partial charge in [-0.05, 0) is 38.5 Å². The molecule has 2 fully saturated rings. The van der Waals surface area contributed by atoms with Gasteiger partial charge in [-0.15, -0.1) is 11.8 Å². The van der Waals surface area contributed by atoms with Gasteiger partial charge in [0.2, 0.25) is 0 Å². The first-order valence-corrected chi connectivity index (χ1v) is 7.99. The Hall–Kier alpha value is -0.770. The third-order valence-corrected chi connectivity index (χ3v) is 5.34. The summed E-state index contributed by atoms with van der Waals surface area (Å²) >= 11 is 1.89. The molecule has 2 aliphatic carbocycles. The van der Waals surface area contributed by atoms with Crippen molar-refractivity contribution in [3.63, 3.8) is 0 Å². The molecule has 1 aromatic rings. The number of nitrogens with two attached hydrogens (primary N) is 1. The molecule has 3 rings (SSSR count). The summed E-state index contributed by atoms with van der Waals surface area (Å²) in [6.45, 7) is 2.04. The van der Waals surface area contributed by atoms with Gasteiger partial charge in [0.1, 0.15) is 16.7 Å². The lowest BCUT2D eigenvalue weighted by molar-refractivity contribution is 0.622. The van der Waals surface area contributed by atoms with Crippen molar-refractivity contribution in [2.75, 3.05) is 11.5 Å². The van der Waals surface area contributed by atoms with Gasteiger partial charge in [0, 0.05) is 17.2 Å². The first-order chi connectivity index (χ1) is 8.74. The molecule has 0 radical (unpaired) electrons. The van der Waals surface area contributed by atoms with Crippen molar-refractivity contribution in [3.05, 3.63) is 11.4 Å². The molecule has 1 aromatic heterocycles. The molecule has 0 spiro atoms. The number of rotatable bonds is 4. The van der Waals surface area contributed by atoms with Gasteiger partial charge in [-0.1, -0.05) is 12.8 Å². The molecule has 2 aliphatic rings.